The van der Waals surface area contributed by atoms with E-state index < -0.39 is 17.5 Å². The van der Waals surface area contributed by atoms with Crippen LogP contribution in [-0.4, -0.2) is 33.8 Å². The number of amides is 1. The van der Waals surface area contributed by atoms with Gasteiger partial charge in [0.2, 0.25) is 0 Å². The molecule has 1 fully saturated rings. The average molecular weight is 390 g/mol. The Morgan fingerprint density at radius 2 is 2.15 bits per heavy atom. The Balaban J connectivity index is 1.55. The van der Waals surface area contributed by atoms with Gasteiger partial charge in [-0.05, 0) is 25.1 Å². The van der Waals surface area contributed by atoms with Crippen molar-refractivity contribution in [3.8, 4) is 10.6 Å². The van der Waals surface area contributed by atoms with Gasteiger partial charge in [-0.15, -0.1) is 0 Å². The van der Waals surface area contributed by atoms with Gasteiger partial charge in [-0.1, -0.05) is 17.4 Å². The minimum Gasteiger partial charge on any atom is -0.389 e. The van der Waals surface area contributed by atoms with Crippen molar-refractivity contribution in [3.05, 3.63) is 47.9 Å². The van der Waals surface area contributed by atoms with Crippen LogP contribution in [0.1, 0.15) is 23.0 Å². The van der Waals surface area contributed by atoms with E-state index >= 15 is 0 Å². The first kappa shape index (κ1) is 17.6. The van der Waals surface area contributed by atoms with Gasteiger partial charge in [0, 0.05) is 12.7 Å². The Bertz CT molecular complexity index is 975. The molecule has 2 aromatic heterocycles. The molecule has 0 saturated carbocycles. The Morgan fingerprint density at radius 3 is 2.85 bits per heavy atom. The Morgan fingerprint density at radius 1 is 1.37 bits per heavy atom. The number of carbonyl (C=O) groups is 1. The van der Waals surface area contributed by atoms with Crippen LogP contribution in [-0.2, 0) is 0 Å². The molecule has 1 aliphatic rings. The van der Waals surface area contributed by atoms with Gasteiger partial charge in [-0.3, -0.25) is 9.48 Å². The summed E-state index contributed by atoms with van der Waals surface area (Å²) < 4.78 is 29.7. The molecule has 27 heavy (non-hydrogen) atoms. The van der Waals surface area contributed by atoms with E-state index in [-0.39, 0.29) is 27.3 Å². The highest BCUT2D eigenvalue weighted by Crippen LogP contribution is 2.33. The topological polar surface area (TPSA) is 97.9 Å². The third kappa shape index (κ3) is 3.40. The van der Waals surface area contributed by atoms with E-state index in [0.717, 1.165) is 43.0 Å². The van der Waals surface area contributed by atoms with Crippen molar-refractivity contribution in [2.24, 2.45) is 0 Å². The molecule has 3 aromatic rings. The molecule has 1 amide bonds. The van der Waals surface area contributed by atoms with Gasteiger partial charge in [0.15, 0.2) is 5.69 Å². The zero-order chi connectivity index (χ0) is 19.0. The maximum atomic E-state index is 13.9. The fourth-order valence-electron chi connectivity index (χ4n) is 2.96. The highest BCUT2D eigenvalue weighted by Gasteiger charge is 2.22. The average Bonchev–Trinajstić information content (AvgIpc) is 3.35. The third-order valence-electron chi connectivity index (χ3n) is 4.31. The molecule has 0 aliphatic carbocycles. The highest BCUT2D eigenvalue weighted by molar-refractivity contribution is 7.19. The smallest absolute Gasteiger partial charge is 0.277 e. The van der Waals surface area contributed by atoms with E-state index in [0.29, 0.717) is 5.69 Å². The molecule has 10 heteroatoms. The van der Waals surface area contributed by atoms with Gasteiger partial charge in [0.05, 0.1) is 23.5 Å². The van der Waals surface area contributed by atoms with E-state index in [4.69, 9.17) is 5.73 Å². The van der Waals surface area contributed by atoms with E-state index in [9.17, 15) is 13.6 Å². The molecular formula is C17H16F2N6OS. The number of benzene rings is 1. The lowest BCUT2D eigenvalue weighted by Gasteiger charge is -2.07. The van der Waals surface area contributed by atoms with E-state index in [1.54, 1.807) is 10.9 Å². The van der Waals surface area contributed by atoms with Gasteiger partial charge < -0.3 is 16.4 Å². The van der Waals surface area contributed by atoms with Gasteiger partial charge in [-0.25, -0.2) is 13.8 Å². The lowest BCUT2D eigenvalue weighted by atomic mass is 10.2. The summed E-state index contributed by atoms with van der Waals surface area (Å²) in [4.78, 5) is 16.5. The lowest BCUT2D eigenvalue weighted by molar-refractivity contribution is 0.102. The van der Waals surface area contributed by atoms with Crippen LogP contribution < -0.4 is 16.4 Å². The summed E-state index contributed by atoms with van der Waals surface area (Å²) in [6.07, 6.45) is 4.23. The van der Waals surface area contributed by atoms with Crippen molar-refractivity contribution < 1.29 is 13.6 Å². The first-order chi connectivity index (χ1) is 13.0. The van der Waals surface area contributed by atoms with Crippen LogP contribution >= 0.6 is 11.3 Å². The molecule has 3 heterocycles. The molecule has 7 nitrogen and oxygen atoms in total. The summed E-state index contributed by atoms with van der Waals surface area (Å²) in [6.45, 7) is 1.75. The molecule has 1 aliphatic heterocycles. The number of hydrogen-bond donors (Lipinski definition) is 3. The minimum absolute atomic E-state index is 0.0148. The number of nitrogen functional groups attached to an aromatic ring is 1. The zero-order valence-corrected chi connectivity index (χ0v) is 14.9. The number of nitrogens with one attached hydrogen (secondary N) is 2. The van der Waals surface area contributed by atoms with Crippen molar-refractivity contribution >= 4 is 27.9 Å². The lowest BCUT2D eigenvalue weighted by Crippen LogP contribution is -2.15. The summed E-state index contributed by atoms with van der Waals surface area (Å²) in [5.74, 6) is -2.08. The second-order valence-electron chi connectivity index (χ2n) is 6.14. The fourth-order valence-corrected chi connectivity index (χ4v) is 3.84. The summed E-state index contributed by atoms with van der Waals surface area (Å²) >= 11 is 0.857. The van der Waals surface area contributed by atoms with Crippen LogP contribution in [0.25, 0.3) is 10.6 Å². The van der Waals surface area contributed by atoms with E-state index in [1.807, 2.05) is 0 Å². The van der Waals surface area contributed by atoms with Crippen molar-refractivity contribution in [1.29, 1.82) is 0 Å². The number of nitrogens with two attached hydrogens (primary N) is 1. The molecule has 140 valence electrons. The molecule has 0 spiro atoms. The molecule has 1 aromatic carbocycles. The van der Waals surface area contributed by atoms with Crippen LogP contribution in [0.2, 0.25) is 0 Å². The fraction of sp³-hybridized carbons (Fsp3) is 0.235. The number of aromatic nitrogens is 3. The number of nitrogens with zero attached hydrogens (tertiary/aromatic N) is 3. The van der Waals surface area contributed by atoms with Gasteiger partial charge in [0.25, 0.3) is 5.91 Å². The molecule has 4 rings (SSSR count). The number of hydrogen-bond acceptors (Lipinski definition) is 6. The predicted molar refractivity (Wildman–Crippen MR) is 98.6 cm³/mol. The van der Waals surface area contributed by atoms with Crippen LogP contribution in [0.5, 0.6) is 0 Å². The monoisotopic (exact) mass is 390 g/mol. The Labute approximate surface area is 157 Å². The second kappa shape index (κ2) is 7.05. The number of halogens is 2. The number of thiazole rings is 1. The molecule has 4 N–H and O–H groups in total. The Kier molecular flexibility index (Phi) is 4.58. The molecule has 1 unspecified atom stereocenters. The number of carbonyl (C=O) groups excluding carboxylic acids is 1. The van der Waals surface area contributed by atoms with Gasteiger partial charge in [0.1, 0.15) is 21.6 Å². The maximum Gasteiger partial charge on any atom is 0.277 e. The van der Waals surface area contributed by atoms with Crippen LogP contribution in [0.15, 0.2) is 30.6 Å². The van der Waals surface area contributed by atoms with Crippen LogP contribution in [0.3, 0.4) is 0 Å². The Hall–Kier alpha value is -2.85. The maximum absolute atomic E-state index is 13.9. The normalized spacial score (nSPS) is 16.6. The minimum atomic E-state index is -0.762. The highest BCUT2D eigenvalue weighted by atomic mass is 32.1. The molecule has 0 radical (unpaired) electrons. The summed E-state index contributed by atoms with van der Waals surface area (Å²) in [5.41, 5.74) is 5.98. The summed E-state index contributed by atoms with van der Waals surface area (Å²) in [6, 6.07) is 3.76. The molecule has 0 bridgehead atoms. The standard InChI is InChI=1S/C17H16F2N6OS/c18-11-2-1-3-12(19)13(11)17-24-14(15(20)27-17)16(26)23-9-6-22-25(8-9)10-4-5-21-7-10/h1-3,6,8,10,21H,4-5,7,20H2,(H,23,26). The van der Waals surface area contributed by atoms with Gasteiger partial charge in [-0.2, -0.15) is 5.10 Å². The van der Waals surface area contributed by atoms with E-state index in [2.05, 4.69) is 20.7 Å². The molecule has 1 atom stereocenters. The van der Waals surface area contributed by atoms with Crippen molar-refractivity contribution in [2.45, 2.75) is 12.5 Å². The third-order valence-corrected chi connectivity index (χ3v) is 5.21. The van der Waals surface area contributed by atoms with Gasteiger partial charge >= 0.3 is 0 Å². The summed E-state index contributed by atoms with van der Waals surface area (Å²) in [7, 11) is 0. The van der Waals surface area contributed by atoms with Crippen LogP contribution in [0.4, 0.5) is 19.5 Å². The predicted octanol–water partition coefficient (Wildman–Crippen LogP) is 2.65. The number of anilines is 2. The first-order valence-electron chi connectivity index (χ1n) is 8.30. The first-order valence-corrected chi connectivity index (χ1v) is 9.11. The molecular weight excluding hydrogens is 374 g/mol. The molecule has 1 saturated heterocycles. The van der Waals surface area contributed by atoms with E-state index in [1.165, 1.54) is 12.3 Å². The largest absolute Gasteiger partial charge is 0.389 e. The second-order valence-corrected chi connectivity index (χ2v) is 7.17. The van der Waals surface area contributed by atoms with Crippen LogP contribution in [0, 0.1) is 11.6 Å². The van der Waals surface area contributed by atoms with Crippen molar-refractivity contribution in [1.82, 2.24) is 20.1 Å². The number of rotatable bonds is 4. The SMILES string of the molecule is Nc1sc(-c2c(F)cccc2F)nc1C(=O)Nc1cnn(C2CCNC2)c1. The van der Waals surface area contributed by atoms with Crippen molar-refractivity contribution in [3.63, 3.8) is 0 Å². The zero-order valence-electron chi connectivity index (χ0n) is 14.1. The summed E-state index contributed by atoms with van der Waals surface area (Å²) in [5, 5.41) is 10.3. The van der Waals surface area contributed by atoms with Crippen molar-refractivity contribution in [2.75, 3.05) is 24.1 Å². The quantitative estimate of drug-likeness (QED) is 0.636.